The van der Waals surface area contributed by atoms with Crippen LogP contribution in [0.15, 0.2) is 42.5 Å². The van der Waals surface area contributed by atoms with Gasteiger partial charge in [0.1, 0.15) is 11.1 Å². The number of benzene rings is 2. The van der Waals surface area contributed by atoms with Crippen molar-refractivity contribution in [3.8, 4) is 0 Å². The maximum Gasteiger partial charge on any atom is 0.416 e. The molecule has 1 saturated heterocycles. The first kappa shape index (κ1) is 36.5. The summed E-state index contributed by atoms with van der Waals surface area (Å²) in [5, 5.41) is 2.72. The van der Waals surface area contributed by atoms with Gasteiger partial charge in [-0.2, -0.15) is 26.3 Å². The number of carbonyl (C=O) groups excluding carboxylic acids is 2. The first-order valence-corrected chi connectivity index (χ1v) is 13.3. The van der Waals surface area contributed by atoms with E-state index in [9.17, 15) is 35.9 Å². The topological polar surface area (TPSA) is 61.9 Å². The lowest BCUT2D eigenvalue weighted by molar-refractivity contribution is -0.143. The van der Waals surface area contributed by atoms with Gasteiger partial charge in [-0.1, -0.05) is 24.3 Å². The number of nitrogens with one attached hydrogen (secondary N) is 1. The number of piperazine rings is 1. The van der Waals surface area contributed by atoms with Crippen molar-refractivity contribution in [1.82, 2.24) is 15.1 Å². The van der Waals surface area contributed by atoms with Crippen LogP contribution >= 0.6 is 24.8 Å². The highest BCUT2D eigenvalue weighted by atomic mass is 35.5. The van der Waals surface area contributed by atoms with E-state index in [1.54, 1.807) is 31.7 Å². The number of ether oxygens (including phenoxy) is 1. The second-order valence-corrected chi connectivity index (χ2v) is 11.5. The van der Waals surface area contributed by atoms with Crippen molar-refractivity contribution in [3.63, 3.8) is 0 Å². The van der Waals surface area contributed by atoms with Crippen LogP contribution in [-0.2, 0) is 33.8 Å². The minimum atomic E-state index is -5.00. The standard InChI is InChI=1S/C29H33F6N3O3.2ClH/c1-18(20-15-21(28(30,31)32)17-22(16-20)29(33,34)35)36-24(39)27(10-9-19-7-5-6-8-23(19)27)38-13-11-37(12-14-38)25(40)41-26(2,3)4;;/h5-8,15-18H,9-14H2,1-4H3,(H,36,39);2*1H. The Bertz CT molecular complexity index is 1280. The number of halogens is 8. The molecule has 4 rings (SSSR count). The van der Waals surface area contributed by atoms with E-state index in [-0.39, 0.29) is 49.5 Å². The van der Waals surface area contributed by atoms with Crippen LogP contribution < -0.4 is 5.32 Å². The van der Waals surface area contributed by atoms with Crippen LogP contribution in [0.25, 0.3) is 0 Å². The molecule has 1 N–H and O–H groups in total. The Morgan fingerprint density at radius 3 is 1.93 bits per heavy atom. The number of hydrogen-bond donors (Lipinski definition) is 1. The highest BCUT2D eigenvalue weighted by Crippen LogP contribution is 2.43. The van der Waals surface area contributed by atoms with E-state index in [1.165, 1.54) is 6.92 Å². The number of alkyl halides is 6. The van der Waals surface area contributed by atoms with E-state index in [0.29, 0.717) is 38.1 Å². The van der Waals surface area contributed by atoms with Gasteiger partial charge in [0.15, 0.2) is 0 Å². The summed E-state index contributed by atoms with van der Waals surface area (Å²) in [7, 11) is 0. The molecule has 2 atom stereocenters. The van der Waals surface area contributed by atoms with Gasteiger partial charge in [0.2, 0.25) is 5.91 Å². The summed E-state index contributed by atoms with van der Waals surface area (Å²) in [4.78, 5) is 30.2. The van der Waals surface area contributed by atoms with Gasteiger partial charge in [-0.25, -0.2) is 4.79 Å². The largest absolute Gasteiger partial charge is 0.444 e. The quantitative estimate of drug-likeness (QED) is 0.355. The molecule has 14 heteroatoms. The van der Waals surface area contributed by atoms with Gasteiger partial charge in [-0.15, -0.1) is 24.8 Å². The Morgan fingerprint density at radius 1 is 0.884 bits per heavy atom. The van der Waals surface area contributed by atoms with Gasteiger partial charge in [0.25, 0.3) is 0 Å². The fourth-order valence-electron chi connectivity index (χ4n) is 5.53. The van der Waals surface area contributed by atoms with Crippen molar-refractivity contribution in [2.75, 3.05) is 26.2 Å². The molecule has 240 valence electrons. The second kappa shape index (κ2) is 13.1. The highest BCUT2D eigenvalue weighted by molar-refractivity contribution is 5.89. The zero-order valence-electron chi connectivity index (χ0n) is 24.1. The molecule has 1 aliphatic carbocycles. The molecule has 1 aliphatic heterocycles. The smallest absolute Gasteiger partial charge is 0.416 e. The molecular weight excluding hydrogens is 623 g/mol. The average molecular weight is 659 g/mol. The van der Waals surface area contributed by atoms with Crippen molar-refractivity contribution in [1.29, 1.82) is 0 Å². The number of carbonyl (C=O) groups is 2. The number of fused-ring (bicyclic) bond motifs is 1. The van der Waals surface area contributed by atoms with Crippen LogP contribution in [0.5, 0.6) is 0 Å². The zero-order chi connectivity index (χ0) is 30.4. The number of rotatable bonds is 4. The van der Waals surface area contributed by atoms with Gasteiger partial charge < -0.3 is 15.0 Å². The predicted octanol–water partition coefficient (Wildman–Crippen LogP) is 7.14. The SMILES string of the molecule is CC(NC(=O)C1(N2CCN(C(=O)OC(C)(C)C)CC2)CCc2ccccc21)c1cc(C(F)(F)F)cc(C(F)(F)F)c1.Cl.Cl. The molecule has 0 bridgehead atoms. The molecule has 2 aromatic rings. The molecule has 0 radical (unpaired) electrons. The summed E-state index contributed by atoms with van der Waals surface area (Å²) in [6, 6.07) is 7.53. The lowest BCUT2D eigenvalue weighted by Gasteiger charge is -2.45. The summed E-state index contributed by atoms with van der Waals surface area (Å²) >= 11 is 0. The molecule has 0 aromatic heterocycles. The first-order valence-electron chi connectivity index (χ1n) is 13.3. The predicted molar refractivity (Wildman–Crippen MR) is 153 cm³/mol. The van der Waals surface area contributed by atoms with Gasteiger partial charge in [-0.05, 0) is 75.4 Å². The molecule has 43 heavy (non-hydrogen) atoms. The fraction of sp³-hybridized carbons (Fsp3) is 0.517. The minimum Gasteiger partial charge on any atom is -0.444 e. The third-order valence-electron chi connectivity index (χ3n) is 7.52. The maximum atomic E-state index is 14.1. The Hall–Kier alpha value is -2.70. The first-order chi connectivity index (χ1) is 18.9. The van der Waals surface area contributed by atoms with E-state index in [4.69, 9.17) is 4.74 Å². The molecule has 2 aliphatic rings. The zero-order valence-corrected chi connectivity index (χ0v) is 25.7. The molecule has 1 heterocycles. The van der Waals surface area contributed by atoms with Crippen molar-refractivity contribution >= 4 is 36.8 Å². The van der Waals surface area contributed by atoms with E-state index in [1.807, 2.05) is 23.1 Å². The normalized spacial score (nSPS) is 19.9. The molecule has 0 spiro atoms. The van der Waals surface area contributed by atoms with E-state index < -0.39 is 52.7 Å². The molecule has 0 saturated carbocycles. The van der Waals surface area contributed by atoms with Crippen molar-refractivity contribution in [2.45, 2.75) is 70.1 Å². The number of aryl methyl sites for hydroxylation is 1. The summed E-state index contributed by atoms with van der Waals surface area (Å²) < 4.78 is 86.2. The summed E-state index contributed by atoms with van der Waals surface area (Å²) in [5.74, 6) is -0.522. The van der Waals surface area contributed by atoms with Gasteiger partial charge in [-0.3, -0.25) is 9.69 Å². The summed E-state index contributed by atoms with van der Waals surface area (Å²) in [5.41, 5.74) is -3.41. The lowest BCUT2D eigenvalue weighted by Crippen LogP contribution is -2.61. The van der Waals surface area contributed by atoms with E-state index in [0.717, 1.165) is 11.1 Å². The van der Waals surface area contributed by atoms with Gasteiger partial charge in [0.05, 0.1) is 17.2 Å². The second-order valence-electron chi connectivity index (χ2n) is 11.5. The number of hydrogen-bond acceptors (Lipinski definition) is 4. The molecule has 1 fully saturated rings. The van der Waals surface area contributed by atoms with Crippen LogP contribution in [0.2, 0.25) is 0 Å². The van der Waals surface area contributed by atoms with Crippen LogP contribution in [0.3, 0.4) is 0 Å². The summed E-state index contributed by atoms with van der Waals surface area (Å²) in [6.07, 6.45) is -9.54. The number of nitrogens with zero attached hydrogens (tertiary/aromatic N) is 2. The monoisotopic (exact) mass is 657 g/mol. The maximum absolute atomic E-state index is 14.1. The van der Waals surface area contributed by atoms with Crippen LogP contribution in [-0.4, -0.2) is 53.6 Å². The van der Waals surface area contributed by atoms with Gasteiger partial charge >= 0.3 is 18.4 Å². The lowest BCUT2D eigenvalue weighted by atomic mass is 9.87. The number of amides is 2. The Labute approximate surface area is 258 Å². The Balaban J connectivity index is 0.00000323. The summed E-state index contributed by atoms with van der Waals surface area (Å²) in [6.45, 7) is 7.85. The van der Waals surface area contributed by atoms with Crippen LogP contribution in [0, 0.1) is 0 Å². The molecule has 2 amide bonds. The average Bonchev–Trinajstić information content (AvgIpc) is 3.27. The Morgan fingerprint density at radius 2 is 1.42 bits per heavy atom. The molecule has 6 nitrogen and oxygen atoms in total. The van der Waals surface area contributed by atoms with E-state index in [2.05, 4.69) is 5.32 Å². The third kappa shape index (κ3) is 7.88. The minimum absolute atomic E-state index is 0. The van der Waals surface area contributed by atoms with Crippen molar-refractivity contribution in [3.05, 3.63) is 70.3 Å². The molecular formula is C29H35Cl2F6N3O3. The van der Waals surface area contributed by atoms with Gasteiger partial charge in [0, 0.05) is 26.2 Å². The fourth-order valence-corrected chi connectivity index (χ4v) is 5.53. The van der Waals surface area contributed by atoms with Crippen molar-refractivity contribution < 1.29 is 40.7 Å². The van der Waals surface area contributed by atoms with Crippen LogP contribution in [0.1, 0.15) is 68.0 Å². The van der Waals surface area contributed by atoms with Crippen molar-refractivity contribution in [2.24, 2.45) is 0 Å². The van der Waals surface area contributed by atoms with E-state index >= 15 is 0 Å². The molecule has 2 unspecified atom stereocenters. The third-order valence-corrected chi connectivity index (χ3v) is 7.52. The van der Waals surface area contributed by atoms with Crippen LogP contribution in [0.4, 0.5) is 31.1 Å². The highest BCUT2D eigenvalue weighted by Gasteiger charge is 2.51. The Kier molecular flexibility index (Phi) is 11.1. The molecule has 2 aromatic carbocycles.